The smallest absolute Gasteiger partial charge is 0.119 e. The van der Waals surface area contributed by atoms with Gasteiger partial charge in [0.25, 0.3) is 0 Å². The van der Waals surface area contributed by atoms with Crippen molar-refractivity contribution in [3.05, 3.63) is 78.4 Å². The molecule has 30 heavy (non-hydrogen) atoms. The molecule has 0 bridgehead atoms. The van der Waals surface area contributed by atoms with E-state index in [0.29, 0.717) is 5.92 Å². The van der Waals surface area contributed by atoms with Crippen LogP contribution < -0.4 is 4.74 Å². The van der Waals surface area contributed by atoms with Gasteiger partial charge in [-0.15, -0.1) is 0 Å². The summed E-state index contributed by atoms with van der Waals surface area (Å²) in [6, 6.07) is 24.5. The molecule has 0 aliphatic carbocycles. The molecule has 0 saturated heterocycles. The van der Waals surface area contributed by atoms with E-state index in [1.54, 1.807) is 0 Å². The van der Waals surface area contributed by atoms with Crippen molar-refractivity contribution in [2.24, 2.45) is 16.1 Å². The Morgan fingerprint density at radius 2 is 1.47 bits per heavy atom. The van der Waals surface area contributed by atoms with Crippen LogP contribution >= 0.6 is 0 Å². The second-order valence-electron chi connectivity index (χ2n) is 7.84. The third kappa shape index (κ3) is 6.55. The maximum absolute atomic E-state index is 5.97. The largest absolute Gasteiger partial charge is 0.493 e. The number of azo groups is 1. The van der Waals surface area contributed by atoms with E-state index in [1.807, 2.05) is 36.4 Å². The van der Waals surface area contributed by atoms with Gasteiger partial charge in [-0.1, -0.05) is 75.1 Å². The molecule has 0 saturated carbocycles. The maximum atomic E-state index is 5.97. The number of ether oxygens (including phenoxy) is 1. The van der Waals surface area contributed by atoms with Gasteiger partial charge in [0, 0.05) is 0 Å². The van der Waals surface area contributed by atoms with E-state index in [2.05, 4.69) is 67.4 Å². The Kier molecular flexibility index (Phi) is 8.20. The molecular formula is C27H32N2O. The number of rotatable bonds is 10. The molecule has 0 N–H and O–H groups in total. The lowest BCUT2D eigenvalue weighted by molar-refractivity contribution is 0.233. The van der Waals surface area contributed by atoms with Crippen LogP contribution in [0.3, 0.4) is 0 Å². The Hall–Kier alpha value is -2.94. The van der Waals surface area contributed by atoms with Crippen LogP contribution in [0.5, 0.6) is 5.75 Å². The Morgan fingerprint density at radius 1 is 0.800 bits per heavy atom. The van der Waals surface area contributed by atoms with Gasteiger partial charge in [0.15, 0.2) is 0 Å². The third-order valence-corrected chi connectivity index (χ3v) is 5.37. The van der Waals surface area contributed by atoms with Crippen LogP contribution in [0.1, 0.15) is 45.1 Å². The number of aryl methyl sites for hydroxylation is 1. The third-order valence-electron chi connectivity index (χ3n) is 5.37. The van der Waals surface area contributed by atoms with Gasteiger partial charge in [0.05, 0.1) is 18.0 Å². The zero-order valence-corrected chi connectivity index (χ0v) is 18.3. The highest BCUT2D eigenvalue weighted by molar-refractivity contribution is 5.65. The van der Waals surface area contributed by atoms with E-state index >= 15 is 0 Å². The summed E-state index contributed by atoms with van der Waals surface area (Å²) in [7, 11) is 0. The van der Waals surface area contributed by atoms with Gasteiger partial charge in [-0.2, -0.15) is 10.2 Å². The van der Waals surface area contributed by atoms with E-state index in [4.69, 9.17) is 4.74 Å². The Labute approximate surface area is 180 Å². The Bertz CT molecular complexity index is 930. The van der Waals surface area contributed by atoms with Crippen LogP contribution in [0.4, 0.5) is 11.4 Å². The van der Waals surface area contributed by atoms with Crippen molar-refractivity contribution in [3.63, 3.8) is 0 Å². The minimum atomic E-state index is 0.632. The molecule has 3 aromatic carbocycles. The average molecular weight is 401 g/mol. The second-order valence-corrected chi connectivity index (χ2v) is 7.84. The molecule has 0 radical (unpaired) electrons. The van der Waals surface area contributed by atoms with Gasteiger partial charge < -0.3 is 4.74 Å². The average Bonchev–Trinajstić information content (AvgIpc) is 2.79. The molecule has 156 valence electrons. The first-order valence-electron chi connectivity index (χ1n) is 11.0. The zero-order valence-electron chi connectivity index (χ0n) is 18.3. The van der Waals surface area contributed by atoms with Crippen molar-refractivity contribution in [1.82, 2.24) is 0 Å². The van der Waals surface area contributed by atoms with E-state index in [9.17, 15) is 0 Å². The fourth-order valence-corrected chi connectivity index (χ4v) is 3.38. The molecular weight excluding hydrogens is 368 g/mol. The van der Waals surface area contributed by atoms with E-state index in [-0.39, 0.29) is 0 Å². The summed E-state index contributed by atoms with van der Waals surface area (Å²) in [5.41, 5.74) is 5.32. The molecule has 3 nitrogen and oxygen atoms in total. The van der Waals surface area contributed by atoms with Crippen LogP contribution in [0.15, 0.2) is 83.0 Å². The molecule has 3 rings (SSSR count). The van der Waals surface area contributed by atoms with Gasteiger partial charge in [-0.05, 0) is 66.8 Å². The molecule has 1 atom stereocenters. The molecule has 3 aromatic rings. The second kappa shape index (κ2) is 11.3. The lowest BCUT2D eigenvalue weighted by Crippen LogP contribution is -2.11. The van der Waals surface area contributed by atoms with Crippen molar-refractivity contribution >= 4 is 11.4 Å². The van der Waals surface area contributed by atoms with Crippen molar-refractivity contribution in [3.8, 4) is 16.9 Å². The normalized spacial score (nSPS) is 12.2. The topological polar surface area (TPSA) is 34.0 Å². The van der Waals surface area contributed by atoms with E-state index < -0.39 is 0 Å². The lowest BCUT2D eigenvalue weighted by Gasteiger charge is -2.15. The van der Waals surface area contributed by atoms with E-state index in [1.165, 1.54) is 36.0 Å². The number of hydrogen-bond donors (Lipinski definition) is 0. The van der Waals surface area contributed by atoms with Crippen LogP contribution in [-0.2, 0) is 0 Å². The first-order chi connectivity index (χ1) is 14.7. The highest BCUT2D eigenvalue weighted by Gasteiger charge is 2.07. The summed E-state index contributed by atoms with van der Waals surface area (Å²) in [5, 5.41) is 8.72. The summed E-state index contributed by atoms with van der Waals surface area (Å²) in [6.45, 7) is 7.36. The fraction of sp³-hybridized carbons (Fsp3) is 0.333. The predicted molar refractivity (Wildman–Crippen MR) is 126 cm³/mol. The minimum Gasteiger partial charge on any atom is -0.493 e. The molecule has 0 aliphatic rings. The molecule has 0 fully saturated rings. The van der Waals surface area contributed by atoms with Gasteiger partial charge in [0.1, 0.15) is 5.75 Å². The zero-order chi connectivity index (χ0) is 21.2. The summed E-state index contributed by atoms with van der Waals surface area (Å²) in [5.74, 6) is 1.53. The number of benzene rings is 3. The Balaban J connectivity index is 1.56. The first kappa shape index (κ1) is 21.8. The van der Waals surface area contributed by atoms with Crippen LogP contribution in [0, 0.1) is 12.8 Å². The van der Waals surface area contributed by atoms with Crippen molar-refractivity contribution < 1.29 is 4.74 Å². The number of nitrogens with zero attached hydrogens (tertiary/aromatic N) is 2. The lowest BCUT2D eigenvalue weighted by atomic mass is 10.0. The highest BCUT2D eigenvalue weighted by Crippen LogP contribution is 2.26. The van der Waals surface area contributed by atoms with E-state index in [0.717, 1.165) is 30.2 Å². The maximum Gasteiger partial charge on any atom is 0.119 e. The quantitative estimate of drug-likeness (QED) is 0.313. The molecule has 3 heteroatoms. The van der Waals surface area contributed by atoms with Crippen molar-refractivity contribution in [2.75, 3.05) is 6.61 Å². The Morgan fingerprint density at radius 3 is 2.07 bits per heavy atom. The number of hydrogen-bond acceptors (Lipinski definition) is 3. The van der Waals surface area contributed by atoms with Gasteiger partial charge >= 0.3 is 0 Å². The van der Waals surface area contributed by atoms with Gasteiger partial charge in [0.2, 0.25) is 0 Å². The van der Waals surface area contributed by atoms with Crippen LogP contribution in [0.25, 0.3) is 11.1 Å². The number of unbranched alkanes of at least 4 members (excludes halogenated alkanes) is 1. The van der Waals surface area contributed by atoms with Crippen molar-refractivity contribution in [2.45, 2.75) is 46.5 Å². The highest BCUT2D eigenvalue weighted by atomic mass is 16.5. The van der Waals surface area contributed by atoms with Crippen LogP contribution in [0.2, 0.25) is 0 Å². The fourth-order valence-electron chi connectivity index (χ4n) is 3.38. The van der Waals surface area contributed by atoms with Gasteiger partial charge in [-0.3, -0.25) is 0 Å². The molecule has 0 spiro atoms. The summed E-state index contributed by atoms with van der Waals surface area (Å²) in [4.78, 5) is 0. The first-order valence-corrected chi connectivity index (χ1v) is 11.0. The molecule has 0 aliphatic heterocycles. The summed E-state index contributed by atoms with van der Waals surface area (Å²) in [6.07, 6.45) is 4.91. The standard InChI is InChI=1S/C27H32N2O/c1-4-6-9-22(5-2)20-30-27-17-15-26(16-18-27)29-28-25-13-11-23(12-14-25)24-10-7-8-21(3)19-24/h7-8,10-19,22H,4-6,9,20H2,1-3H3. The summed E-state index contributed by atoms with van der Waals surface area (Å²) >= 11 is 0. The summed E-state index contributed by atoms with van der Waals surface area (Å²) < 4.78 is 5.97. The molecule has 0 amide bonds. The molecule has 1 unspecified atom stereocenters. The van der Waals surface area contributed by atoms with Crippen LogP contribution in [-0.4, -0.2) is 6.61 Å². The van der Waals surface area contributed by atoms with Crippen molar-refractivity contribution in [1.29, 1.82) is 0 Å². The molecule has 0 aromatic heterocycles. The SMILES string of the molecule is CCCCC(CC)COc1ccc(N=Nc2ccc(-c3cccc(C)c3)cc2)cc1. The predicted octanol–water partition coefficient (Wildman–Crippen LogP) is 8.67. The minimum absolute atomic E-state index is 0.632. The van der Waals surface area contributed by atoms with Gasteiger partial charge in [-0.25, -0.2) is 0 Å². The monoisotopic (exact) mass is 400 g/mol. The molecule has 0 heterocycles.